The standard InChI is InChI=1S/12C8H18N.6FH2O3P/c12*1-8(2)9(3)6-4-5-7-9;6*1-5(2,3)4/h12*8H,4-7H2,1-3H3;6*(H2,2,3,4)/q12*+1;;;;;;/p-12. The lowest BCUT2D eigenvalue weighted by Gasteiger charge is -2.33. The molecule has 12 aliphatic heterocycles. The van der Waals surface area contributed by atoms with Crippen molar-refractivity contribution in [3.63, 3.8) is 0 Å². The van der Waals surface area contributed by atoms with E-state index in [-0.39, 0.29) is 0 Å². The Bertz CT molecular complexity index is 2590. The number of hydrogen-bond acceptors (Lipinski definition) is 18. The van der Waals surface area contributed by atoms with Crippen molar-refractivity contribution in [1.29, 1.82) is 0 Å². The SMILES string of the molecule is CC(C)[N+]1(C)CCCC1.CC(C)[N+]1(C)CCCC1.CC(C)[N+]1(C)CCCC1.CC(C)[N+]1(C)CCCC1.CC(C)[N+]1(C)CCCC1.CC(C)[N+]1(C)CCCC1.CC(C)[N+]1(C)CCCC1.CC(C)[N+]1(C)CCCC1.CC(C)[N+]1(C)CCCC1.CC(C)[N+]1(C)CCCC1.CC(C)[N+]1(C)CCCC1.CC(C)[N+]1(C)CCCC1.O=P([O-])([O-])F.O=P([O-])([O-])F.O=P([O-])([O-])F.O=P([O-])([O-])F.O=P([O-])([O-])F.O=P([O-])([O-])F. The fraction of sp³-hybridized carbons (Fsp3) is 1.00. The highest BCUT2D eigenvalue weighted by Gasteiger charge is 2.38. The highest BCUT2D eigenvalue weighted by molar-refractivity contribution is 7.43. The maximum atomic E-state index is 10.1. The van der Waals surface area contributed by atoms with Crippen LogP contribution in [-0.2, 0) is 27.4 Å². The minimum atomic E-state index is -5.64. The van der Waals surface area contributed by atoms with E-state index in [2.05, 4.69) is 251 Å². The first-order valence-corrected chi connectivity index (χ1v) is 60.8. The molecule has 0 bridgehead atoms. The van der Waals surface area contributed by atoms with Crippen molar-refractivity contribution in [2.75, 3.05) is 242 Å². The molecule has 12 fully saturated rings. The second-order valence-electron chi connectivity index (χ2n) is 47.3. The van der Waals surface area contributed by atoms with Gasteiger partial charge in [-0.25, -0.2) is 25.2 Å². The molecule has 0 aliphatic carbocycles. The van der Waals surface area contributed by atoms with Crippen LogP contribution in [0.3, 0.4) is 0 Å². The summed E-state index contributed by atoms with van der Waals surface area (Å²) in [4.78, 5) is 101. The maximum absolute atomic E-state index is 10.1. The fourth-order valence-electron chi connectivity index (χ4n) is 18.9. The van der Waals surface area contributed by atoms with E-state index >= 15 is 0 Å². The molecule has 0 unspecified atom stereocenters. The van der Waals surface area contributed by atoms with Crippen LogP contribution in [0.5, 0.6) is 0 Å². The van der Waals surface area contributed by atoms with Gasteiger partial charge in [-0.15, -0.1) is 0 Å². The van der Waals surface area contributed by atoms with Gasteiger partial charge in [-0.2, -0.15) is 0 Å². The lowest BCUT2D eigenvalue weighted by atomic mass is 10.3. The van der Waals surface area contributed by atoms with Crippen molar-refractivity contribution in [2.45, 2.75) is 393 Å². The van der Waals surface area contributed by atoms with E-state index < -0.39 is 47.4 Å². The highest BCUT2D eigenvalue weighted by atomic mass is 31.2. The molecule has 12 rings (SSSR count). The Balaban J connectivity index is -0.000000336. The van der Waals surface area contributed by atoms with Gasteiger partial charge in [0.1, 0.15) is 47.4 Å². The molecular formula is C96H216F6N12O18P6. The predicted molar refractivity (Wildman–Crippen MR) is 536 cm³/mol. The summed E-state index contributed by atoms with van der Waals surface area (Å²) in [6.07, 6.45) is 34.5. The molecule has 0 aromatic rings. The van der Waals surface area contributed by atoms with E-state index in [1.807, 2.05) is 0 Å². The zero-order chi connectivity index (χ0) is 110. The third kappa shape index (κ3) is 76.5. The van der Waals surface area contributed by atoms with Crippen LogP contribution < -0.4 is 58.7 Å². The largest absolute Gasteiger partial charge is 0.786 e. The molecule has 30 nitrogen and oxygen atoms in total. The molecule has 0 amide bonds. The Morgan fingerprint density at radius 1 is 0.130 bits per heavy atom. The molecule has 42 heteroatoms. The zero-order valence-corrected chi connectivity index (χ0v) is 99.9. The molecule has 0 aromatic carbocycles. The summed E-state index contributed by atoms with van der Waals surface area (Å²) >= 11 is 0. The van der Waals surface area contributed by atoms with Gasteiger partial charge in [-0.3, -0.25) is 0 Å². The van der Waals surface area contributed by atoms with Crippen LogP contribution in [0, 0.1) is 0 Å². The molecule has 840 valence electrons. The summed E-state index contributed by atoms with van der Waals surface area (Å²) in [5.41, 5.74) is 0. The molecule has 12 aliphatic rings. The molecule has 0 aromatic heterocycles. The molecule has 12 saturated heterocycles. The molecule has 12 heterocycles. The van der Waals surface area contributed by atoms with Crippen molar-refractivity contribution < 1.29 is 165 Å². The van der Waals surface area contributed by atoms with Crippen LogP contribution >= 0.6 is 47.4 Å². The Labute approximate surface area is 842 Å². The lowest BCUT2D eigenvalue weighted by Crippen LogP contribution is -2.46. The molecule has 0 atom stereocenters. The van der Waals surface area contributed by atoms with Crippen molar-refractivity contribution in [2.24, 2.45) is 0 Å². The van der Waals surface area contributed by atoms with Crippen LogP contribution in [0.1, 0.15) is 320 Å². The zero-order valence-electron chi connectivity index (χ0n) is 94.5. The molecule has 0 N–H and O–H groups in total. The van der Waals surface area contributed by atoms with Crippen molar-refractivity contribution in [1.82, 2.24) is 0 Å². The molecule has 0 spiro atoms. The number of rotatable bonds is 12. The first-order valence-electron chi connectivity index (χ1n) is 52.2. The predicted octanol–water partition coefficient (Wildman–Crippen LogP) is 12.3. The summed E-state index contributed by atoms with van der Waals surface area (Å²) in [6, 6.07) is 9.92. The summed E-state index contributed by atoms with van der Waals surface area (Å²) in [6.45, 7) is 89.4. The van der Waals surface area contributed by atoms with Gasteiger partial charge in [0.2, 0.25) is 0 Å². The summed E-state index contributed by atoms with van der Waals surface area (Å²) in [5.74, 6) is 0. The van der Waals surface area contributed by atoms with E-state index in [1.165, 1.54) is 365 Å². The van der Waals surface area contributed by atoms with Gasteiger partial charge < -0.3 is 140 Å². The summed E-state index contributed by atoms with van der Waals surface area (Å²) in [7, 11) is -5.36. The van der Waals surface area contributed by atoms with Crippen LogP contribution in [0.25, 0.3) is 0 Å². The topological polar surface area (TPSA) is 379 Å². The monoisotopic (exact) mass is 2130 g/mol. The van der Waals surface area contributed by atoms with Crippen LogP contribution in [0.4, 0.5) is 25.2 Å². The Morgan fingerprint density at radius 2 is 0.159 bits per heavy atom. The van der Waals surface area contributed by atoms with Crippen molar-refractivity contribution >= 4 is 47.4 Å². The minimum absolute atomic E-state index is 0.826. The Morgan fingerprint density at radius 3 is 0.174 bits per heavy atom. The number of halogens is 6. The second-order valence-corrected chi connectivity index (χ2v) is 52.5. The first kappa shape index (κ1) is 149. The van der Waals surface area contributed by atoms with Crippen molar-refractivity contribution in [3.05, 3.63) is 0 Å². The number of nitrogens with zero attached hydrogens (tertiary/aromatic N) is 12. The third-order valence-corrected chi connectivity index (χ3v) is 34.0. The first-order chi connectivity index (χ1) is 61.8. The Kier molecular flexibility index (Phi) is 74.0. The number of quaternary nitrogens is 12. The van der Waals surface area contributed by atoms with Crippen LogP contribution in [0.15, 0.2) is 0 Å². The van der Waals surface area contributed by atoms with Crippen molar-refractivity contribution in [3.8, 4) is 0 Å². The van der Waals surface area contributed by atoms with Gasteiger partial charge >= 0.3 is 0 Å². The normalized spacial score (nSPS) is 22.4. The molecular weight excluding hydrogens is 1910 g/mol. The second kappa shape index (κ2) is 68.7. The molecule has 0 saturated carbocycles. The van der Waals surface area contributed by atoms with E-state index in [0.29, 0.717) is 0 Å². The van der Waals surface area contributed by atoms with E-state index in [1.54, 1.807) is 0 Å². The van der Waals surface area contributed by atoms with Gasteiger partial charge in [0, 0.05) is 154 Å². The summed E-state index contributed by atoms with van der Waals surface area (Å²) in [5, 5.41) is 0. The quantitative estimate of drug-likeness (QED) is 0.0995. The number of hydrogen-bond donors (Lipinski definition) is 0. The Hall–Kier alpha value is -0.0000000000000000555. The molecule has 0 radical (unpaired) electrons. The number of likely N-dealkylation sites (tertiary alicyclic amines) is 12. The third-order valence-electron chi connectivity index (χ3n) is 34.0. The highest BCUT2D eigenvalue weighted by Crippen LogP contribution is 2.31. The van der Waals surface area contributed by atoms with Gasteiger partial charge in [0.15, 0.2) is 0 Å². The smallest absolute Gasteiger partial charge is 0.110 e. The average Bonchev–Trinajstić information content (AvgIpc) is 1.90. The average molecular weight is 2130 g/mol. The summed E-state index contributed by atoms with van der Waals surface area (Å²) < 4.78 is 127. The van der Waals surface area contributed by atoms with Crippen LogP contribution in [0.2, 0.25) is 0 Å². The minimum Gasteiger partial charge on any atom is -0.786 e. The van der Waals surface area contributed by atoms with Crippen LogP contribution in [-0.4, -0.2) is 368 Å². The van der Waals surface area contributed by atoms with Gasteiger partial charge in [-0.05, 0) is 166 Å². The maximum Gasteiger partial charge on any atom is 0.110 e. The van der Waals surface area contributed by atoms with E-state index in [4.69, 9.17) is 86.1 Å². The van der Waals surface area contributed by atoms with E-state index in [0.717, 1.165) is 72.5 Å². The lowest BCUT2D eigenvalue weighted by molar-refractivity contribution is -0.918. The van der Waals surface area contributed by atoms with Gasteiger partial charge in [-0.1, -0.05) is 0 Å². The molecule has 138 heavy (non-hydrogen) atoms. The fourth-order valence-corrected chi connectivity index (χ4v) is 18.9. The van der Waals surface area contributed by atoms with Gasteiger partial charge in [0.25, 0.3) is 0 Å². The van der Waals surface area contributed by atoms with Gasteiger partial charge in [0.05, 0.1) is 314 Å². The van der Waals surface area contributed by atoms with E-state index in [9.17, 15) is 25.2 Å².